The van der Waals surface area contributed by atoms with E-state index in [1.54, 1.807) is 0 Å². The van der Waals surface area contributed by atoms with Crippen molar-refractivity contribution in [2.45, 2.75) is 30.9 Å². The first-order chi connectivity index (χ1) is 9.55. The molecule has 1 aromatic carbocycles. The average molecular weight is 295 g/mol. The van der Waals surface area contributed by atoms with Crippen molar-refractivity contribution >= 4 is 9.84 Å². The zero-order valence-electron chi connectivity index (χ0n) is 11.5. The highest BCUT2D eigenvalue weighted by molar-refractivity contribution is 7.91. The van der Waals surface area contributed by atoms with Crippen LogP contribution < -0.4 is 0 Å². The average Bonchev–Trinajstić information content (AvgIpc) is 2.73. The number of rotatable bonds is 2. The lowest BCUT2D eigenvalue weighted by atomic mass is 9.89. The van der Waals surface area contributed by atoms with Crippen LogP contribution in [-0.4, -0.2) is 55.2 Å². The Balaban J connectivity index is 1.62. The Kier molecular flexibility index (Phi) is 3.84. The molecule has 0 spiro atoms. The molecule has 20 heavy (non-hydrogen) atoms. The number of nitrogens with zero attached hydrogens (tertiary/aromatic N) is 1. The largest absolute Gasteiger partial charge is 0.390 e. The van der Waals surface area contributed by atoms with Crippen molar-refractivity contribution < 1.29 is 13.5 Å². The van der Waals surface area contributed by atoms with E-state index in [4.69, 9.17) is 0 Å². The minimum Gasteiger partial charge on any atom is -0.390 e. The second-order valence-electron chi connectivity index (χ2n) is 5.93. The Morgan fingerprint density at radius 2 is 1.70 bits per heavy atom. The van der Waals surface area contributed by atoms with Gasteiger partial charge >= 0.3 is 0 Å². The molecule has 0 amide bonds. The van der Waals surface area contributed by atoms with Crippen molar-refractivity contribution in [2.75, 3.05) is 24.6 Å². The molecule has 1 aromatic rings. The van der Waals surface area contributed by atoms with Gasteiger partial charge in [-0.3, -0.25) is 4.90 Å². The molecule has 2 aliphatic heterocycles. The number of piperidine rings is 1. The second-order valence-corrected chi connectivity index (χ2v) is 8.09. The van der Waals surface area contributed by atoms with Gasteiger partial charge < -0.3 is 5.11 Å². The van der Waals surface area contributed by atoms with Gasteiger partial charge in [0.15, 0.2) is 9.84 Å². The highest BCUT2D eigenvalue weighted by Gasteiger charge is 2.40. The lowest BCUT2D eigenvalue weighted by Crippen LogP contribution is -2.46. The van der Waals surface area contributed by atoms with E-state index in [2.05, 4.69) is 29.2 Å². The molecule has 3 rings (SSSR count). The minimum atomic E-state index is -3.05. The van der Waals surface area contributed by atoms with Crippen molar-refractivity contribution in [1.29, 1.82) is 0 Å². The van der Waals surface area contributed by atoms with E-state index < -0.39 is 15.9 Å². The molecule has 0 aliphatic carbocycles. The molecule has 1 N–H and O–H groups in total. The predicted molar refractivity (Wildman–Crippen MR) is 78.4 cm³/mol. The first kappa shape index (κ1) is 14.0. The lowest BCUT2D eigenvalue weighted by Gasteiger charge is -2.36. The summed E-state index contributed by atoms with van der Waals surface area (Å²) in [7, 11) is -3.05. The fourth-order valence-electron chi connectivity index (χ4n) is 3.45. The molecule has 2 saturated heterocycles. The fraction of sp³-hybridized carbons (Fsp3) is 0.600. The van der Waals surface area contributed by atoms with Crippen molar-refractivity contribution in [3.63, 3.8) is 0 Å². The van der Waals surface area contributed by atoms with E-state index >= 15 is 0 Å². The summed E-state index contributed by atoms with van der Waals surface area (Å²) in [5, 5.41) is 9.94. The Hall–Kier alpha value is -0.910. The summed E-state index contributed by atoms with van der Waals surface area (Å²) >= 11 is 0. The SMILES string of the molecule is O=S1(=O)C[C@@H](N2CCC(c3ccccc3)CC2)[C@@H](O)C1. The molecule has 2 atom stereocenters. The Labute approximate surface area is 120 Å². The number of benzene rings is 1. The first-order valence-corrected chi connectivity index (χ1v) is 9.05. The predicted octanol–water partition coefficient (Wildman–Crippen LogP) is 1.02. The molecule has 2 aliphatic rings. The number of hydrogen-bond acceptors (Lipinski definition) is 4. The minimum absolute atomic E-state index is 0.0731. The molecular weight excluding hydrogens is 274 g/mol. The molecule has 0 aromatic heterocycles. The molecule has 0 bridgehead atoms. The van der Waals surface area contributed by atoms with E-state index in [0.29, 0.717) is 5.92 Å². The van der Waals surface area contributed by atoms with Crippen molar-refractivity contribution in [3.8, 4) is 0 Å². The van der Waals surface area contributed by atoms with Crippen LogP contribution in [0.1, 0.15) is 24.3 Å². The van der Waals surface area contributed by atoms with E-state index in [0.717, 1.165) is 25.9 Å². The van der Waals surface area contributed by atoms with Gasteiger partial charge in [-0.15, -0.1) is 0 Å². The Bertz CT molecular complexity index is 550. The van der Waals surface area contributed by atoms with E-state index in [9.17, 15) is 13.5 Å². The second kappa shape index (κ2) is 5.47. The van der Waals surface area contributed by atoms with Crippen LogP contribution in [0.15, 0.2) is 30.3 Å². The monoisotopic (exact) mass is 295 g/mol. The highest BCUT2D eigenvalue weighted by Crippen LogP contribution is 2.30. The third-order valence-corrected chi connectivity index (χ3v) is 6.26. The number of sulfone groups is 1. The van der Waals surface area contributed by atoms with Gasteiger partial charge in [-0.05, 0) is 37.4 Å². The molecule has 0 saturated carbocycles. The highest BCUT2D eigenvalue weighted by atomic mass is 32.2. The number of aliphatic hydroxyl groups is 1. The van der Waals surface area contributed by atoms with Gasteiger partial charge in [0.25, 0.3) is 0 Å². The quantitative estimate of drug-likeness (QED) is 0.885. The van der Waals surface area contributed by atoms with Crippen LogP contribution in [0, 0.1) is 0 Å². The van der Waals surface area contributed by atoms with Gasteiger partial charge in [0.05, 0.1) is 23.7 Å². The van der Waals surface area contributed by atoms with E-state index in [1.807, 2.05) is 6.07 Å². The number of hydrogen-bond donors (Lipinski definition) is 1. The van der Waals surface area contributed by atoms with Gasteiger partial charge in [-0.1, -0.05) is 30.3 Å². The smallest absolute Gasteiger partial charge is 0.154 e. The maximum atomic E-state index is 11.6. The van der Waals surface area contributed by atoms with Crippen molar-refractivity contribution in [3.05, 3.63) is 35.9 Å². The summed E-state index contributed by atoms with van der Waals surface area (Å²) < 4.78 is 23.2. The van der Waals surface area contributed by atoms with Crippen LogP contribution in [0.4, 0.5) is 0 Å². The fourth-order valence-corrected chi connectivity index (χ4v) is 5.28. The van der Waals surface area contributed by atoms with Crippen LogP contribution in [-0.2, 0) is 9.84 Å². The third-order valence-electron chi connectivity index (χ3n) is 4.56. The molecule has 4 nitrogen and oxygen atoms in total. The van der Waals surface area contributed by atoms with Gasteiger partial charge in [-0.25, -0.2) is 8.42 Å². The maximum absolute atomic E-state index is 11.6. The van der Waals surface area contributed by atoms with Gasteiger partial charge in [0, 0.05) is 0 Å². The summed E-state index contributed by atoms with van der Waals surface area (Å²) in [6, 6.07) is 10.3. The van der Waals surface area contributed by atoms with Gasteiger partial charge in [0.1, 0.15) is 0 Å². The molecule has 0 radical (unpaired) electrons. The normalized spacial score (nSPS) is 31.4. The first-order valence-electron chi connectivity index (χ1n) is 7.23. The van der Waals surface area contributed by atoms with Crippen LogP contribution in [0.2, 0.25) is 0 Å². The van der Waals surface area contributed by atoms with Crippen LogP contribution in [0.3, 0.4) is 0 Å². The molecule has 0 unspecified atom stereocenters. The van der Waals surface area contributed by atoms with Gasteiger partial charge in [0.2, 0.25) is 0 Å². The summed E-state index contributed by atoms with van der Waals surface area (Å²) in [4.78, 5) is 2.16. The van der Waals surface area contributed by atoms with Crippen LogP contribution in [0.5, 0.6) is 0 Å². The summed E-state index contributed by atoms with van der Waals surface area (Å²) in [5.74, 6) is 0.600. The molecule has 2 fully saturated rings. The van der Waals surface area contributed by atoms with E-state index in [1.165, 1.54) is 5.56 Å². The van der Waals surface area contributed by atoms with Gasteiger partial charge in [-0.2, -0.15) is 0 Å². The van der Waals surface area contributed by atoms with Crippen LogP contribution >= 0.6 is 0 Å². The molecule has 5 heteroatoms. The molecule has 110 valence electrons. The Morgan fingerprint density at radius 1 is 1.05 bits per heavy atom. The van der Waals surface area contributed by atoms with Crippen molar-refractivity contribution in [1.82, 2.24) is 4.90 Å². The van der Waals surface area contributed by atoms with Crippen molar-refractivity contribution in [2.24, 2.45) is 0 Å². The summed E-state index contributed by atoms with van der Waals surface area (Å²) in [6.07, 6.45) is 1.36. The standard InChI is InChI=1S/C15H21NO3S/c17-15-11-20(18,19)10-14(15)16-8-6-13(7-9-16)12-4-2-1-3-5-12/h1-5,13-15,17H,6-11H2/t14-,15+/m1/s1. The summed E-state index contributed by atoms with van der Waals surface area (Å²) in [5.41, 5.74) is 1.37. The zero-order valence-corrected chi connectivity index (χ0v) is 12.3. The Morgan fingerprint density at radius 3 is 2.25 bits per heavy atom. The molecule has 2 heterocycles. The number of aliphatic hydroxyl groups excluding tert-OH is 1. The number of likely N-dealkylation sites (tertiary alicyclic amines) is 1. The van der Waals surface area contributed by atoms with E-state index in [-0.39, 0.29) is 17.5 Å². The lowest BCUT2D eigenvalue weighted by molar-refractivity contribution is 0.0664. The summed E-state index contributed by atoms with van der Waals surface area (Å²) in [6.45, 7) is 1.74. The van der Waals surface area contributed by atoms with Crippen LogP contribution in [0.25, 0.3) is 0 Å². The topological polar surface area (TPSA) is 57.6 Å². The maximum Gasteiger partial charge on any atom is 0.154 e. The third kappa shape index (κ3) is 2.90. The zero-order chi connectivity index (χ0) is 14.2. The molecular formula is C15H21NO3S.